The second-order valence-electron chi connectivity index (χ2n) is 11.0. The van der Waals surface area contributed by atoms with E-state index in [4.69, 9.17) is 9.47 Å². The van der Waals surface area contributed by atoms with Crippen LogP contribution in [0.15, 0.2) is 47.6 Å². The van der Waals surface area contributed by atoms with E-state index in [1.54, 1.807) is 17.3 Å². The van der Waals surface area contributed by atoms with Crippen LogP contribution in [0.5, 0.6) is 5.75 Å². The number of piperazine rings is 1. The molecule has 2 fully saturated rings. The highest BCUT2D eigenvalue weighted by Gasteiger charge is 2.46. The summed E-state index contributed by atoms with van der Waals surface area (Å²) in [5.74, 6) is 0.671. The highest BCUT2D eigenvalue weighted by Crippen LogP contribution is 2.32. The standard InChI is InChI=1S/C27H35F3N4O5S/c1-26(2,3)39-25(35)34-14-12-33(13-15-34)21-16-23(18-31-17-21)38-22-8-4-19(5-9-22)32-20-6-10-24(11-7-20)40(36,37)27(28,29)30/h6-7,10-11,16-19,22,32H,4-5,8-9,12-15H2,1-3H3. The van der Waals surface area contributed by atoms with Crippen molar-refractivity contribution in [2.75, 3.05) is 36.4 Å². The van der Waals surface area contributed by atoms with Crippen molar-refractivity contribution in [3.63, 3.8) is 0 Å². The molecule has 220 valence electrons. The molecule has 1 aliphatic carbocycles. The van der Waals surface area contributed by atoms with Crippen LogP contribution >= 0.6 is 0 Å². The number of alkyl halides is 3. The number of pyridine rings is 1. The molecule has 13 heteroatoms. The predicted octanol–water partition coefficient (Wildman–Crippen LogP) is 5.23. The van der Waals surface area contributed by atoms with E-state index in [1.807, 2.05) is 26.8 Å². The van der Waals surface area contributed by atoms with E-state index in [0.717, 1.165) is 43.5 Å². The molecule has 2 heterocycles. The van der Waals surface area contributed by atoms with Crippen molar-refractivity contribution in [2.45, 2.75) is 74.6 Å². The number of nitrogens with zero attached hydrogens (tertiary/aromatic N) is 3. The molecule has 0 unspecified atom stereocenters. The van der Waals surface area contributed by atoms with E-state index in [0.29, 0.717) is 37.6 Å². The van der Waals surface area contributed by atoms with E-state index < -0.39 is 25.8 Å². The molecule has 1 aliphatic heterocycles. The number of hydrogen-bond acceptors (Lipinski definition) is 8. The van der Waals surface area contributed by atoms with Gasteiger partial charge < -0.3 is 24.6 Å². The maximum absolute atomic E-state index is 12.7. The van der Waals surface area contributed by atoms with Crippen molar-refractivity contribution < 1.29 is 35.9 Å². The van der Waals surface area contributed by atoms with E-state index in [2.05, 4.69) is 15.2 Å². The molecule has 0 radical (unpaired) electrons. The number of anilines is 2. The second kappa shape index (κ2) is 11.7. The smallest absolute Gasteiger partial charge is 0.489 e. The van der Waals surface area contributed by atoms with Gasteiger partial charge in [0.05, 0.1) is 29.1 Å². The molecule has 9 nitrogen and oxygen atoms in total. The first-order chi connectivity index (χ1) is 18.7. The lowest BCUT2D eigenvalue weighted by molar-refractivity contribution is -0.0436. The molecular formula is C27H35F3N4O5S. The summed E-state index contributed by atoms with van der Waals surface area (Å²) in [5, 5.41) is 3.27. The van der Waals surface area contributed by atoms with Gasteiger partial charge in [-0.1, -0.05) is 0 Å². The van der Waals surface area contributed by atoms with E-state index in [-0.39, 0.29) is 18.2 Å². The van der Waals surface area contributed by atoms with Gasteiger partial charge in [0.1, 0.15) is 11.4 Å². The fraction of sp³-hybridized carbons (Fsp3) is 0.556. The Bertz CT molecular complexity index is 1270. The van der Waals surface area contributed by atoms with Gasteiger partial charge in [-0.3, -0.25) is 4.98 Å². The Morgan fingerprint density at radius 1 is 0.975 bits per heavy atom. The van der Waals surface area contributed by atoms with Gasteiger partial charge in [0.25, 0.3) is 9.84 Å². The topological polar surface area (TPSA) is 101 Å². The number of ether oxygens (including phenoxy) is 2. The second-order valence-corrected chi connectivity index (χ2v) is 13.0. The SMILES string of the molecule is CC(C)(C)OC(=O)N1CCN(c2cncc(OC3CCC(Nc4ccc(S(=O)(=O)C(F)(F)F)cc4)CC3)c2)CC1. The zero-order valence-electron chi connectivity index (χ0n) is 22.8. The Morgan fingerprint density at radius 2 is 1.60 bits per heavy atom. The first kappa shape index (κ1) is 29.8. The maximum atomic E-state index is 12.7. The van der Waals surface area contributed by atoms with Gasteiger partial charge in [-0.15, -0.1) is 0 Å². The normalized spacial score (nSPS) is 20.6. The molecule has 4 rings (SSSR count). The number of sulfone groups is 1. The van der Waals surface area contributed by atoms with Crippen LogP contribution < -0.4 is 15.0 Å². The number of carbonyl (C=O) groups excluding carboxylic acids is 1. The summed E-state index contributed by atoms with van der Waals surface area (Å²) in [7, 11) is -5.36. The number of rotatable bonds is 6. The average molecular weight is 585 g/mol. The fourth-order valence-electron chi connectivity index (χ4n) is 4.74. The van der Waals surface area contributed by atoms with Gasteiger partial charge in [-0.05, 0) is 70.7 Å². The lowest BCUT2D eigenvalue weighted by atomic mass is 9.92. The first-order valence-electron chi connectivity index (χ1n) is 13.2. The van der Waals surface area contributed by atoms with Gasteiger partial charge in [0, 0.05) is 44.0 Å². The minimum absolute atomic E-state index is 0.00146. The molecule has 40 heavy (non-hydrogen) atoms. The molecule has 1 saturated heterocycles. The molecule has 2 aliphatic rings. The van der Waals surface area contributed by atoms with Gasteiger partial charge in [-0.25, -0.2) is 13.2 Å². The van der Waals surface area contributed by atoms with Crippen molar-refractivity contribution in [2.24, 2.45) is 0 Å². The largest absolute Gasteiger partial charge is 0.501 e. The minimum atomic E-state index is -5.36. The number of benzene rings is 1. The zero-order valence-corrected chi connectivity index (χ0v) is 23.6. The van der Waals surface area contributed by atoms with Crippen molar-refractivity contribution in [3.8, 4) is 5.75 Å². The molecule has 0 bridgehead atoms. The number of amides is 1. The lowest BCUT2D eigenvalue weighted by Gasteiger charge is -2.36. The van der Waals surface area contributed by atoms with Crippen LogP contribution in [0.2, 0.25) is 0 Å². The average Bonchev–Trinajstić information content (AvgIpc) is 2.89. The number of carbonyl (C=O) groups is 1. The van der Waals surface area contributed by atoms with Crippen LogP contribution in [0.3, 0.4) is 0 Å². The monoisotopic (exact) mass is 584 g/mol. The first-order valence-corrected chi connectivity index (χ1v) is 14.7. The van der Waals surface area contributed by atoms with Gasteiger partial charge in [0.15, 0.2) is 0 Å². The van der Waals surface area contributed by atoms with Crippen molar-refractivity contribution >= 4 is 27.3 Å². The van der Waals surface area contributed by atoms with Crippen LogP contribution in [-0.2, 0) is 14.6 Å². The molecule has 0 spiro atoms. The molecule has 1 amide bonds. The van der Waals surface area contributed by atoms with Crippen LogP contribution in [0, 0.1) is 0 Å². The number of nitrogens with one attached hydrogen (secondary N) is 1. The zero-order chi connectivity index (χ0) is 29.1. The van der Waals surface area contributed by atoms with Crippen LogP contribution in [0.25, 0.3) is 0 Å². The quantitative estimate of drug-likeness (QED) is 0.493. The molecule has 0 atom stereocenters. The molecule has 1 aromatic heterocycles. The molecule has 1 N–H and O–H groups in total. The number of halogens is 3. The van der Waals surface area contributed by atoms with Crippen molar-refractivity contribution in [1.29, 1.82) is 0 Å². The van der Waals surface area contributed by atoms with E-state index >= 15 is 0 Å². The third-order valence-corrected chi connectivity index (χ3v) is 8.31. The Balaban J connectivity index is 1.24. The Morgan fingerprint density at radius 3 is 2.17 bits per heavy atom. The summed E-state index contributed by atoms with van der Waals surface area (Å²) in [5.41, 5.74) is -4.37. The third kappa shape index (κ3) is 7.49. The molecule has 1 aromatic carbocycles. The summed E-state index contributed by atoms with van der Waals surface area (Å²) < 4.78 is 73.0. The lowest BCUT2D eigenvalue weighted by Crippen LogP contribution is -2.50. The summed E-state index contributed by atoms with van der Waals surface area (Å²) in [6, 6.07) is 6.69. The summed E-state index contributed by atoms with van der Waals surface area (Å²) in [6.45, 7) is 7.96. The van der Waals surface area contributed by atoms with Crippen LogP contribution in [-0.4, -0.2) is 73.8 Å². The summed E-state index contributed by atoms with van der Waals surface area (Å²) in [4.78, 5) is 19.8. The Labute approximate surface area is 232 Å². The van der Waals surface area contributed by atoms with Crippen molar-refractivity contribution in [3.05, 3.63) is 42.7 Å². The number of hydrogen-bond donors (Lipinski definition) is 1. The summed E-state index contributed by atoms with van der Waals surface area (Å²) >= 11 is 0. The van der Waals surface area contributed by atoms with E-state index in [9.17, 15) is 26.4 Å². The van der Waals surface area contributed by atoms with Crippen molar-refractivity contribution in [1.82, 2.24) is 9.88 Å². The highest BCUT2D eigenvalue weighted by atomic mass is 32.2. The van der Waals surface area contributed by atoms with E-state index in [1.165, 1.54) is 12.1 Å². The fourth-order valence-corrected chi connectivity index (χ4v) is 5.50. The minimum Gasteiger partial charge on any atom is -0.489 e. The predicted molar refractivity (Wildman–Crippen MR) is 144 cm³/mol. The Hall–Kier alpha value is -3.22. The van der Waals surface area contributed by atoms with Gasteiger partial charge in [-0.2, -0.15) is 13.2 Å². The molecule has 2 aromatic rings. The number of aromatic nitrogens is 1. The third-order valence-electron chi connectivity index (χ3n) is 6.81. The highest BCUT2D eigenvalue weighted by molar-refractivity contribution is 7.92. The van der Waals surface area contributed by atoms with Crippen LogP contribution in [0.1, 0.15) is 46.5 Å². The molecular weight excluding hydrogens is 549 g/mol. The molecule has 1 saturated carbocycles. The Kier molecular flexibility index (Phi) is 8.72. The maximum Gasteiger partial charge on any atom is 0.501 e. The van der Waals surface area contributed by atoms with Gasteiger partial charge >= 0.3 is 11.6 Å². The van der Waals surface area contributed by atoms with Crippen LogP contribution in [0.4, 0.5) is 29.3 Å². The summed E-state index contributed by atoms with van der Waals surface area (Å²) in [6.07, 6.45) is 6.27. The van der Waals surface area contributed by atoms with Gasteiger partial charge in [0.2, 0.25) is 0 Å².